The van der Waals surface area contributed by atoms with Crippen LogP contribution in [0.15, 0.2) is 24.3 Å². The summed E-state index contributed by atoms with van der Waals surface area (Å²) in [5, 5.41) is 0.247. The highest BCUT2D eigenvalue weighted by Gasteiger charge is 2.36. The lowest BCUT2D eigenvalue weighted by Crippen LogP contribution is -2.40. The third-order valence-electron chi connectivity index (χ3n) is 3.68. The largest absolute Gasteiger partial charge is 0.406 e. The number of hydrogen-bond acceptors (Lipinski definition) is 1. The van der Waals surface area contributed by atoms with E-state index in [0.29, 0.717) is 6.61 Å². The summed E-state index contributed by atoms with van der Waals surface area (Å²) in [5.41, 5.74) is 2.31. The molecule has 0 aliphatic rings. The Morgan fingerprint density at radius 3 is 2.33 bits per heavy atom. The Kier molecular flexibility index (Phi) is 4.78. The topological polar surface area (TPSA) is 9.23 Å². The third-order valence-corrected chi connectivity index (χ3v) is 8.16. The molecule has 0 bridgehead atoms. The van der Waals surface area contributed by atoms with Crippen LogP contribution >= 0.6 is 0 Å². The first kappa shape index (κ1) is 15.0. The minimum absolute atomic E-state index is 0.247. The van der Waals surface area contributed by atoms with Gasteiger partial charge < -0.3 is 4.43 Å². The summed E-state index contributed by atoms with van der Waals surface area (Å²) in [6, 6.07) is 8.19. The lowest BCUT2D eigenvalue weighted by atomic mass is 10.1. The Morgan fingerprint density at radius 2 is 1.78 bits per heavy atom. The van der Waals surface area contributed by atoms with Crippen LogP contribution in [0.25, 0.3) is 0 Å². The standard InChI is InChI=1S/C16H24OSi/c1-14-10-7-8-11-15(14)12-9-13-17-18(5,6)16(2,3)4/h7-8,10-11H,13H2,1-6H3. The Labute approximate surface area is 113 Å². The van der Waals surface area contributed by atoms with Crippen LogP contribution in [0, 0.1) is 18.8 Å². The maximum Gasteiger partial charge on any atom is 0.193 e. The zero-order chi connectivity index (χ0) is 13.8. The van der Waals surface area contributed by atoms with Crippen LogP contribution in [0.4, 0.5) is 0 Å². The van der Waals surface area contributed by atoms with E-state index in [4.69, 9.17) is 4.43 Å². The molecule has 0 N–H and O–H groups in total. The van der Waals surface area contributed by atoms with Gasteiger partial charge in [-0.25, -0.2) is 0 Å². The van der Waals surface area contributed by atoms with Gasteiger partial charge >= 0.3 is 0 Å². The zero-order valence-corrected chi connectivity index (χ0v) is 13.4. The Hall–Kier alpha value is -1.04. The second kappa shape index (κ2) is 5.73. The van der Waals surface area contributed by atoms with E-state index in [1.165, 1.54) is 5.56 Å². The van der Waals surface area contributed by atoms with Crippen LogP contribution in [0.3, 0.4) is 0 Å². The van der Waals surface area contributed by atoms with Crippen molar-refractivity contribution in [2.45, 2.75) is 45.8 Å². The van der Waals surface area contributed by atoms with Gasteiger partial charge in [0, 0.05) is 5.56 Å². The monoisotopic (exact) mass is 260 g/mol. The van der Waals surface area contributed by atoms with Crippen LogP contribution in [-0.2, 0) is 4.43 Å². The van der Waals surface area contributed by atoms with Crippen molar-refractivity contribution in [2.24, 2.45) is 0 Å². The molecular weight excluding hydrogens is 236 g/mol. The number of benzene rings is 1. The van der Waals surface area contributed by atoms with E-state index in [0.717, 1.165) is 5.56 Å². The van der Waals surface area contributed by atoms with Crippen molar-refractivity contribution >= 4 is 8.32 Å². The average molecular weight is 260 g/mol. The fourth-order valence-corrected chi connectivity index (χ4v) is 2.14. The van der Waals surface area contributed by atoms with Gasteiger partial charge in [-0.2, -0.15) is 0 Å². The lowest BCUT2D eigenvalue weighted by molar-refractivity contribution is 0.334. The lowest BCUT2D eigenvalue weighted by Gasteiger charge is -2.35. The second-order valence-corrected chi connectivity index (χ2v) is 11.0. The minimum atomic E-state index is -1.66. The van der Waals surface area contributed by atoms with Gasteiger partial charge in [0.2, 0.25) is 0 Å². The Balaban J connectivity index is 2.61. The van der Waals surface area contributed by atoms with E-state index < -0.39 is 8.32 Å². The Morgan fingerprint density at radius 1 is 1.17 bits per heavy atom. The smallest absolute Gasteiger partial charge is 0.193 e. The van der Waals surface area contributed by atoms with Crippen LogP contribution in [0.2, 0.25) is 18.1 Å². The van der Waals surface area contributed by atoms with E-state index in [2.05, 4.69) is 64.8 Å². The van der Waals surface area contributed by atoms with Gasteiger partial charge in [0.15, 0.2) is 8.32 Å². The quantitative estimate of drug-likeness (QED) is 0.567. The molecule has 0 fully saturated rings. The molecule has 0 amide bonds. The molecule has 0 saturated carbocycles. The molecule has 0 atom stereocenters. The maximum atomic E-state index is 6.02. The van der Waals surface area contributed by atoms with Gasteiger partial charge in [-0.05, 0) is 36.7 Å². The van der Waals surface area contributed by atoms with Crippen molar-refractivity contribution in [1.82, 2.24) is 0 Å². The van der Waals surface area contributed by atoms with E-state index >= 15 is 0 Å². The first-order chi connectivity index (χ1) is 8.24. The SMILES string of the molecule is Cc1ccccc1C#CCO[Si](C)(C)C(C)(C)C. The number of rotatable bonds is 2. The van der Waals surface area contributed by atoms with Gasteiger partial charge in [-0.15, -0.1) is 0 Å². The van der Waals surface area contributed by atoms with Crippen LogP contribution < -0.4 is 0 Å². The maximum absolute atomic E-state index is 6.02. The molecule has 0 saturated heterocycles. The summed E-state index contributed by atoms with van der Waals surface area (Å²) in [7, 11) is -1.66. The molecule has 18 heavy (non-hydrogen) atoms. The molecule has 1 aromatic rings. The average Bonchev–Trinajstić information content (AvgIpc) is 2.25. The molecule has 0 aliphatic carbocycles. The molecule has 2 heteroatoms. The van der Waals surface area contributed by atoms with E-state index in [1.807, 2.05) is 12.1 Å². The molecule has 1 rings (SSSR count). The predicted molar refractivity (Wildman–Crippen MR) is 81.2 cm³/mol. The fraction of sp³-hybridized carbons (Fsp3) is 0.500. The van der Waals surface area contributed by atoms with Gasteiger partial charge in [-0.1, -0.05) is 50.8 Å². The zero-order valence-electron chi connectivity index (χ0n) is 12.4. The second-order valence-electron chi connectivity index (χ2n) is 6.17. The summed E-state index contributed by atoms with van der Waals surface area (Å²) in [5.74, 6) is 6.32. The molecule has 0 aromatic heterocycles. The van der Waals surface area contributed by atoms with Crippen LogP contribution in [0.5, 0.6) is 0 Å². The first-order valence-corrected chi connectivity index (χ1v) is 9.33. The number of hydrogen-bond donors (Lipinski definition) is 0. The molecule has 0 radical (unpaired) electrons. The van der Waals surface area contributed by atoms with Crippen molar-refractivity contribution in [2.75, 3.05) is 6.61 Å². The van der Waals surface area contributed by atoms with E-state index in [9.17, 15) is 0 Å². The first-order valence-electron chi connectivity index (χ1n) is 6.42. The highest BCUT2D eigenvalue weighted by Crippen LogP contribution is 2.36. The molecule has 98 valence electrons. The van der Waals surface area contributed by atoms with E-state index in [1.54, 1.807) is 0 Å². The molecule has 1 aromatic carbocycles. The van der Waals surface area contributed by atoms with Gasteiger partial charge in [0.05, 0.1) is 6.61 Å². The summed E-state index contributed by atoms with van der Waals surface area (Å²) in [6.45, 7) is 13.9. The predicted octanol–water partition coefficient (Wildman–Crippen LogP) is 4.37. The van der Waals surface area contributed by atoms with Gasteiger partial charge in [0.25, 0.3) is 0 Å². The summed E-state index contributed by atoms with van der Waals surface area (Å²) >= 11 is 0. The molecule has 0 aliphatic heterocycles. The molecule has 1 nitrogen and oxygen atoms in total. The van der Waals surface area contributed by atoms with Crippen molar-refractivity contribution in [3.8, 4) is 11.8 Å². The van der Waals surface area contributed by atoms with Crippen molar-refractivity contribution in [1.29, 1.82) is 0 Å². The van der Waals surface area contributed by atoms with Crippen LogP contribution in [-0.4, -0.2) is 14.9 Å². The highest BCUT2D eigenvalue weighted by molar-refractivity contribution is 6.74. The summed E-state index contributed by atoms with van der Waals surface area (Å²) in [6.07, 6.45) is 0. The summed E-state index contributed by atoms with van der Waals surface area (Å²) < 4.78 is 6.02. The van der Waals surface area contributed by atoms with Crippen molar-refractivity contribution in [3.63, 3.8) is 0 Å². The normalized spacial score (nSPS) is 11.9. The highest BCUT2D eigenvalue weighted by atomic mass is 28.4. The van der Waals surface area contributed by atoms with Gasteiger partial charge in [-0.3, -0.25) is 0 Å². The molecular formula is C16H24OSi. The molecule has 0 heterocycles. The third kappa shape index (κ3) is 4.01. The van der Waals surface area contributed by atoms with Crippen LogP contribution in [0.1, 0.15) is 31.9 Å². The Bertz CT molecular complexity index is 458. The summed E-state index contributed by atoms with van der Waals surface area (Å²) in [4.78, 5) is 0. The van der Waals surface area contributed by atoms with E-state index in [-0.39, 0.29) is 5.04 Å². The minimum Gasteiger partial charge on any atom is -0.406 e. The number of aryl methyl sites for hydroxylation is 1. The van der Waals surface area contributed by atoms with Gasteiger partial charge in [0.1, 0.15) is 0 Å². The fourth-order valence-electron chi connectivity index (χ4n) is 1.28. The van der Waals surface area contributed by atoms with Crippen molar-refractivity contribution in [3.05, 3.63) is 35.4 Å². The molecule has 0 spiro atoms. The van der Waals surface area contributed by atoms with Crippen molar-refractivity contribution < 1.29 is 4.43 Å². The molecule has 0 unspecified atom stereocenters.